The minimum atomic E-state index is -0.390. The van der Waals surface area contributed by atoms with E-state index in [1.165, 1.54) is 0 Å². The number of halogens is 1. The molecular weight excluding hydrogens is 196 g/mol. The van der Waals surface area contributed by atoms with E-state index < -0.39 is 0 Å². The molecule has 0 aromatic heterocycles. The van der Waals surface area contributed by atoms with Crippen molar-refractivity contribution in [3.8, 4) is 0 Å². The van der Waals surface area contributed by atoms with Gasteiger partial charge < -0.3 is 9.84 Å². The Morgan fingerprint density at radius 2 is 2.00 bits per heavy atom. The van der Waals surface area contributed by atoms with Crippen LogP contribution in [0.25, 0.3) is 0 Å². The van der Waals surface area contributed by atoms with Crippen molar-refractivity contribution in [1.82, 2.24) is 0 Å². The third-order valence-corrected chi connectivity index (χ3v) is 1.63. The van der Waals surface area contributed by atoms with Crippen LogP contribution in [-0.4, -0.2) is 28.7 Å². The molecule has 2 nitrogen and oxygen atoms in total. The van der Waals surface area contributed by atoms with Crippen LogP contribution in [0, 0.1) is 0 Å². The molecule has 0 heterocycles. The van der Waals surface area contributed by atoms with E-state index in [1.54, 1.807) is 0 Å². The van der Waals surface area contributed by atoms with Crippen molar-refractivity contribution >= 4 is 15.9 Å². The summed E-state index contributed by atoms with van der Waals surface area (Å²) in [6.07, 6.45) is -0.390. The van der Waals surface area contributed by atoms with Crippen LogP contribution in [0.2, 0.25) is 0 Å². The molecule has 0 bridgehead atoms. The van der Waals surface area contributed by atoms with Gasteiger partial charge in [-0.25, -0.2) is 0 Å². The Labute approximate surface area is 70.7 Å². The molecule has 0 saturated heterocycles. The Bertz CT molecular complexity index is 88.1. The maximum Gasteiger partial charge on any atom is 0.0870 e. The van der Waals surface area contributed by atoms with Gasteiger partial charge in [-0.1, -0.05) is 15.9 Å². The summed E-state index contributed by atoms with van der Waals surface area (Å²) in [7, 11) is 0. The highest BCUT2D eigenvalue weighted by Crippen LogP contribution is 2.07. The number of aliphatic hydroxyl groups is 1. The third-order valence-electron chi connectivity index (χ3n) is 0.887. The first-order valence-electron chi connectivity index (χ1n) is 3.33. The summed E-state index contributed by atoms with van der Waals surface area (Å²) in [5.74, 6) is 0. The molecule has 0 unspecified atom stereocenters. The zero-order valence-electron chi connectivity index (χ0n) is 6.72. The lowest BCUT2D eigenvalue weighted by atomic mass is 10.2. The fraction of sp³-hybridized carbons (Fsp3) is 1.00. The number of alkyl halides is 1. The normalized spacial score (nSPS) is 15.3. The summed E-state index contributed by atoms with van der Waals surface area (Å²) in [5, 5.41) is 9.62. The molecule has 0 aliphatic rings. The fourth-order valence-corrected chi connectivity index (χ4v) is 0.578. The highest BCUT2D eigenvalue weighted by atomic mass is 79.9. The number of rotatable bonds is 3. The van der Waals surface area contributed by atoms with Crippen LogP contribution in [0.4, 0.5) is 0 Å². The van der Waals surface area contributed by atoms with Crippen molar-refractivity contribution in [3.63, 3.8) is 0 Å². The summed E-state index contributed by atoms with van der Waals surface area (Å²) in [6.45, 7) is 6.30. The van der Waals surface area contributed by atoms with Crippen LogP contribution in [0.15, 0.2) is 0 Å². The average Bonchev–Trinajstić information content (AvgIpc) is 1.81. The minimum absolute atomic E-state index is 0.150. The molecule has 0 aromatic rings. The van der Waals surface area contributed by atoms with Gasteiger partial charge in [-0.05, 0) is 20.8 Å². The molecule has 0 aliphatic heterocycles. The van der Waals surface area contributed by atoms with Gasteiger partial charge in [0.25, 0.3) is 0 Å². The van der Waals surface area contributed by atoms with Crippen molar-refractivity contribution in [3.05, 3.63) is 0 Å². The maximum atomic E-state index is 9.05. The summed E-state index contributed by atoms with van der Waals surface area (Å²) < 4.78 is 5.30. The molecule has 0 rings (SSSR count). The average molecular weight is 211 g/mol. The molecule has 62 valence electrons. The number of hydrogen-bond acceptors (Lipinski definition) is 2. The second-order valence-electron chi connectivity index (χ2n) is 3.23. The SMILES string of the molecule is CC(C)(C)OC[C@H](O)CBr. The molecular formula is C7H15BrO2. The van der Waals surface area contributed by atoms with Crippen LogP contribution >= 0.6 is 15.9 Å². The van der Waals surface area contributed by atoms with Crippen LogP contribution in [0.1, 0.15) is 20.8 Å². The van der Waals surface area contributed by atoms with E-state index in [0.29, 0.717) is 11.9 Å². The van der Waals surface area contributed by atoms with E-state index in [1.807, 2.05) is 20.8 Å². The Morgan fingerprint density at radius 3 is 2.30 bits per heavy atom. The molecule has 0 radical (unpaired) electrons. The largest absolute Gasteiger partial charge is 0.390 e. The maximum absolute atomic E-state index is 9.05. The highest BCUT2D eigenvalue weighted by Gasteiger charge is 2.12. The summed E-state index contributed by atoms with van der Waals surface area (Å²) in [6, 6.07) is 0. The molecule has 0 fully saturated rings. The summed E-state index contributed by atoms with van der Waals surface area (Å²) in [4.78, 5) is 0. The van der Waals surface area contributed by atoms with Crippen LogP contribution in [0.5, 0.6) is 0 Å². The lowest BCUT2D eigenvalue weighted by Gasteiger charge is -2.20. The standard InChI is InChI=1S/C7H15BrO2/c1-7(2,3)10-5-6(9)4-8/h6,9H,4-5H2,1-3H3/t6-/m1/s1. The number of ether oxygens (including phenoxy) is 1. The van der Waals surface area contributed by atoms with Crippen molar-refractivity contribution in [2.75, 3.05) is 11.9 Å². The molecule has 0 aromatic carbocycles. The lowest BCUT2D eigenvalue weighted by molar-refractivity contribution is -0.0421. The number of aliphatic hydroxyl groups excluding tert-OH is 1. The second kappa shape index (κ2) is 4.31. The minimum Gasteiger partial charge on any atom is -0.390 e. The van der Waals surface area contributed by atoms with Gasteiger partial charge in [-0.2, -0.15) is 0 Å². The van der Waals surface area contributed by atoms with Gasteiger partial charge in [0.2, 0.25) is 0 Å². The Morgan fingerprint density at radius 1 is 1.50 bits per heavy atom. The molecule has 10 heavy (non-hydrogen) atoms. The van der Waals surface area contributed by atoms with Gasteiger partial charge in [0.05, 0.1) is 18.3 Å². The Balaban J connectivity index is 3.36. The van der Waals surface area contributed by atoms with Crippen molar-refractivity contribution < 1.29 is 9.84 Å². The molecule has 1 atom stereocenters. The van der Waals surface area contributed by atoms with Gasteiger partial charge in [-0.15, -0.1) is 0 Å². The van der Waals surface area contributed by atoms with Gasteiger partial charge in [0.15, 0.2) is 0 Å². The van der Waals surface area contributed by atoms with E-state index >= 15 is 0 Å². The molecule has 3 heteroatoms. The first-order valence-corrected chi connectivity index (χ1v) is 4.46. The zero-order chi connectivity index (χ0) is 8.20. The van der Waals surface area contributed by atoms with Crippen LogP contribution in [0.3, 0.4) is 0 Å². The van der Waals surface area contributed by atoms with E-state index in [-0.39, 0.29) is 11.7 Å². The van der Waals surface area contributed by atoms with E-state index in [0.717, 1.165) is 0 Å². The van der Waals surface area contributed by atoms with E-state index in [9.17, 15) is 0 Å². The van der Waals surface area contributed by atoms with Gasteiger partial charge in [0.1, 0.15) is 0 Å². The number of hydrogen-bond donors (Lipinski definition) is 1. The Kier molecular flexibility index (Phi) is 4.49. The van der Waals surface area contributed by atoms with Crippen LogP contribution < -0.4 is 0 Å². The van der Waals surface area contributed by atoms with Gasteiger partial charge >= 0.3 is 0 Å². The predicted molar refractivity (Wildman–Crippen MR) is 45.5 cm³/mol. The van der Waals surface area contributed by atoms with Gasteiger partial charge in [0, 0.05) is 5.33 Å². The quantitative estimate of drug-likeness (QED) is 0.717. The van der Waals surface area contributed by atoms with Crippen LogP contribution in [-0.2, 0) is 4.74 Å². The molecule has 0 aliphatic carbocycles. The summed E-state index contributed by atoms with van der Waals surface area (Å²) >= 11 is 3.15. The molecule has 0 saturated carbocycles. The first-order chi connectivity index (χ1) is 4.45. The van der Waals surface area contributed by atoms with Crippen molar-refractivity contribution in [1.29, 1.82) is 0 Å². The molecule has 0 spiro atoms. The van der Waals surface area contributed by atoms with E-state index in [4.69, 9.17) is 9.84 Å². The van der Waals surface area contributed by atoms with Crippen molar-refractivity contribution in [2.24, 2.45) is 0 Å². The van der Waals surface area contributed by atoms with E-state index in [2.05, 4.69) is 15.9 Å². The highest BCUT2D eigenvalue weighted by molar-refractivity contribution is 9.09. The van der Waals surface area contributed by atoms with Crippen molar-refractivity contribution in [2.45, 2.75) is 32.5 Å². The van der Waals surface area contributed by atoms with Gasteiger partial charge in [-0.3, -0.25) is 0 Å². The second-order valence-corrected chi connectivity index (χ2v) is 3.88. The lowest BCUT2D eigenvalue weighted by Crippen LogP contribution is -2.26. The monoisotopic (exact) mass is 210 g/mol. The molecule has 1 N–H and O–H groups in total. The molecule has 0 amide bonds. The third kappa shape index (κ3) is 6.52. The zero-order valence-corrected chi connectivity index (χ0v) is 8.31. The predicted octanol–water partition coefficient (Wildman–Crippen LogP) is 1.56. The summed E-state index contributed by atoms with van der Waals surface area (Å²) in [5.41, 5.74) is -0.150. The smallest absolute Gasteiger partial charge is 0.0870 e. The Hall–Kier alpha value is 0.400. The first kappa shape index (κ1) is 10.4. The topological polar surface area (TPSA) is 29.5 Å². The fourth-order valence-electron chi connectivity index (χ4n) is 0.391.